The number of aliphatic imine (C=N–C) groups is 1. The van der Waals surface area contributed by atoms with E-state index in [9.17, 15) is 8.78 Å². The Kier molecular flexibility index (Phi) is 5.35. The van der Waals surface area contributed by atoms with E-state index in [2.05, 4.69) is 25.6 Å². The Hall–Kier alpha value is -4.40. The SMILES string of the molecule is COc1ncc(-c2ccc3c(c2)C(Nc2ccc(F)c(F)c2)=NC(c2cccnc2)N3)cn1. The lowest BCUT2D eigenvalue weighted by atomic mass is 10.0. The van der Waals surface area contributed by atoms with Crippen LogP contribution in [-0.4, -0.2) is 27.9 Å². The topological polar surface area (TPSA) is 84.3 Å². The third kappa shape index (κ3) is 4.20. The number of hydrogen-bond donors (Lipinski definition) is 2. The molecule has 0 saturated heterocycles. The molecule has 0 bridgehead atoms. The van der Waals surface area contributed by atoms with Crippen LogP contribution in [0.3, 0.4) is 0 Å². The highest BCUT2D eigenvalue weighted by molar-refractivity contribution is 6.13. The van der Waals surface area contributed by atoms with Crippen LogP contribution in [0.25, 0.3) is 11.1 Å². The number of amidine groups is 1. The molecule has 164 valence electrons. The number of fused-ring (bicyclic) bond motifs is 1. The third-order valence-electron chi connectivity index (χ3n) is 5.15. The Bertz CT molecular complexity index is 1330. The fraction of sp³-hybridized carbons (Fsp3) is 0.0833. The molecule has 0 radical (unpaired) electrons. The summed E-state index contributed by atoms with van der Waals surface area (Å²) in [5, 5.41) is 6.53. The van der Waals surface area contributed by atoms with Gasteiger partial charge in [0.2, 0.25) is 0 Å². The first-order chi connectivity index (χ1) is 16.1. The molecule has 33 heavy (non-hydrogen) atoms. The summed E-state index contributed by atoms with van der Waals surface area (Å²) in [6.45, 7) is 0. The highest BCUT2D eigenvalue weighted by atomic mass is 19.2. The Morgan fingerprint density at radius 2 is 1.79 bits per heavy atom. The summed E-state index contributed by atoms with van der Waals surface area (Å²) >= 11 is 0. The van der Waals surface area contributed by atoms with Gasteiger partial charge in [-0.1, -0.05) is 12.1 Å². The van der Waals surface area contributed by atoms with Gasteiger partial charge >= 0.3 is 6.01 Å². The van der Waals surface area contributed by atoms with Crippen molar-refractivity contribution >= 4 is 17.2 Å². The van der Waals surface area contributed by atoms with Gasteiger partial charge < -0.3 is 15.4 Å². The van der Waals surface area contributed by atoms with Crippen LogP contribution in [0.5, 0.6) is 6.01 Å². The van der Waals surface area contributed by atoms with Crippen molar-refractivity contribution in [3.63, 3.8) is 0 Å². The molecule has 4 aromatic rings. The standard InChI is InChI=1S/C24H18F2N6O/c1-33-24-28-12-16(13-29-24)14-4-7-21-18(9-14)23(30-17-5-6-19(25)20(26)10-17)32-22(31-21)15-3-2-8-27-11-15/h2-13,22,31H,1H3,(H,30,32). The first-order valence-electron chi connectivity index (χ1n) is 10.1. The summed E-state index contributed by atoms with van der Waals surface area (Å²) in [4.78, 5) is 17.3. The highest BCUT2D eigenvalue weighted by Gasteiger charge is 2.23. The molecule has 2 N–H and O–H groups in total. The number of halogens is 2. The maximum absolute atomic E-state index is 13.8. The maximum Gasteiger partial charge on any atom is 0.316 e. The van der Waals surface area contributed by atoms with Crippen molar-refractivity contribution in [3.05, 3.63) is 96.1 Å². The molecule has 9 heteroatoms. The molecule has 2 aromatic carbocycles. The van der Waals surface area contributed by atoms with Crippen molar-refractivity contribution < 1.29 is 13.5 Å². The van der Waals surface area contributed by atoms with Gasteiger partial charge in [-0.15, -0.1) is 0 Å². The molecular weight excluding hydrogens is 426 g/mol. The minimum Gasteiger partial charge on any atom is -0.467 e. The number of aromatic nitrogens is 3. The van der Waals surface area contributed by atoms with Crippen molar-refractivity contribution in [1.29, 1.82) is 0 Å². The van der Waals surface area contributed by atoms with Gasteiger partial charge in [-0.25, -0.2) is 23.7 Å². The van der Waals surface area contributed by atoms with E-state index in [-0.39, 0.29) is 6.01 Å². The monoisotopic (exact) mass is 444 g/mol. The van der Waals surface area contributed by atoms with E-state index < -0.39 is 17.8 Å². The maximum atomic E-state index is 13.8. The van der Waals surface area contributed by atoms with Crippen molar-refractivity contribution in [2.45, 2.75) is 6.17 Å². The summed E-state index contributed by atoms with van der Waals surface area (Å²) in [5.74, 6) is -1.36. The molecule has 1 unspecified atom stereocenters. The summed E-state index contributed by atoms with van der Waals surface area (Å²) in [7, 11) is 1.50. The van der Waals surface area contributed by atoms with Gasteiger partial charge in [0.1, 0.15) is 12.0 Å². The number of benzene rings is 2. The van der Waals surface area contributed by atoms with Crippen LogP contribution >= 0.6 is 0 Å². The largest absolute Gasteiger partial charge is 0.467 e. The second-order valence-corrected chi connectivity index (χ2v) is 7.28. The molecule has 0 aliphatic carbocycles. The summed E-state index contributed by atoms with van der Waals surface area (Å²) in [6.07, 6.45) is 6.34. The van der Waals surface area contributed by atoms with Crippen molar-refractivity contribution in [3.8, 4) is 17.1 Å². The minimum absolute atomic E-state index is 0.278. The Morgan fingerprint density at radius 1 is 0.939 bits per heavy atom. The zero-order chi connectivity index (χ0) is 22.8. The lowest BCUT2D eigenvalue weighted by molar-refractivity contribution is 0.380. The zero-order valence-electron chi connectivity index (χ0n) is 17.5. The number of nitrogens with zero attached hydrogens (tertiary/aromatic N) is 4. The summed E-state index contributed by atoms with van der Waals surface area (Å²) < 4.78 is 32.3. The van der Waals surface area contributed by atoms with Crippen molar-refractivity contribution in [2.75, 3.05) is 17.7 Å². The lowest BCUT2D eigenvalue weighted by Gasteiger charge is -2.27. The van der Waals surface area contributed by atoms with Gasteiger partial charge in [-0.2, -0.15) is 0 Å². The van der Waals surface area contributed by atoms with Crippen LogP contribution in [0.4, 0.5) is 20.2 Å². The van der Waals surface area contributed by atoms with Crippen molar-refractivity contribution in [1.82, 2.24) is 15.0 Å². The lowest BCUT2D eigenvalue weighted by Crippen LogP contribution is -2.25. The van der Waals surface area contributed by atoms with Gasteiger partial charge in [0.15, 0.2) is 11.6 Å². The summed E-state index contributed by atoms with van der Waals surface area (Å²) in [5.41, 5.74) is 4.47. The first kappa shape index (κ1) is 20.5. The quantitative estimate of drug-likeness (QED) is 0.470. The number of pyridine rings is 1. The molecule has 3 heterocycles. The van der Waals surface area contributed by atoms with E-state index in [1.165, 1.54) is 13.2 Å². The Labute approximate surface area is 188 Å². The fourth-order valence-corrected chi connectivity index (χ4v) is 3.50. The average Bonchev–Trinajstić information content (AvgIpc) is 2.86. The number of hydrogen-bond acceptors (Lipinski definition) is 7. The number of nitrogens with one attached hydrogen (secondary N) is 2. The minimum atomic E-state index is -0.942. The van der Waals surface area contributed by atoms with Gasteiger partial charge in [0.05, 0.1) is 7.11 Å². The second kappa shape index (κ2) is 8.62. The number of rotatable bonds is 4. The van der Waals surface area contributed by atoms with Crippen molar-refractivity contribution in [2.24, 2.45) is 4.99 Å². The van der Waals surface area contributed by atoms with Crippen LogP contribution in [0.2, 0.25) is 0 Å². The van der Waals surface area contributed by atoms with Crippen LogP contribution in [-0.2, 0) is 0 Å². The number of anilines is 2. The predicted molar refractivity (Wildman–Crippen MR) is 121 cm³/mol. The molecule has 1 aliphatic rings. The van der Waals surface area contributed by atoms with E-state index in [0.29, 0.717) is 11.5 Å². The molecule has 0 fully saturated rings. The number of ether oxygens (including phenoxy) is 1. The molecule has 1 atom stereocenters. The molecule has 5 rings (SSSR count). The molecule has 0 amide bonds. The second-order valence-electron chi connectivity index (χ2n) is 7.28. The van der Waals surface area contributed by atoms with Crippen LogP contribution < -0.4 is 15.4 Å². The molecule has 1 aliphatic heterocycles. The van der Waals surface area contributed by atoms with Gasteiger partial charge in [-0.3, -0.25) is 4.98 Å². The van der Waals surface area contributed by atoms with Crippen LogP contribution in [0.1, 0.15) is 17.3 Å². The molecule has 2 aromatic heterocycles. The predicted octanol–water partition coefficient (Wildman–Crippen LogP) is 4.81. The Balaban J connectivity index is 1.56. The number of methoxy groups -OCH3 is 1. The first-order valence-corrected chi connectivity index (χ1v) is 10.1. The van der Waals surface area contributed by atoms with Crippen LogP contribution in [0, 0.1) is 11.6 Å². The zero-order valence-corrected chi connectivity index (χ0v) is 17.5. The normalized spacial score (nSPS) is 14.6. The molecule has 7 nitrogen and oxygen atoms in total. The third-order valence-corrected chi connectivity index (χ3v) is 5.15. The molecular formula is C24H18F2N6O. The smallest absolute Gasteiger partial charge is 0.316 e. The van der Waals surface area contributed by atoms with E-state index in [0.717, 1.165) is 40.1 Å². The van der Waals surface area contributed by atoms with E-state index in [1.54, 1.807) is 24.8 Å². The summed E-state index contributed by atoms with van der Waals surface area (Å²) in [6, 6.07) is 13.5. The van der Waals surface area contributed by atoms with Crippen LogP contribution in [0.15, 0.2) is 78.3 Å². The van der Waals surface area contributed by atoms with Gasteiger partial charge in [0.25, 0.3) is 0 Å². The van der Waals surface area contributed by atoms with Gasteiger partial charge in [0, 0.05) is 58.9 Å². The molecule has 0 spiro atoms. The molecule has 0 saturated carbocycles. The fourth-order valence-electron chi connectivity index (χ4n) is 3.50. The Morgan fingerprint density at radius 3 is 2.52 bits per heavy atom. The average molecular weight is 444 g/mol. The van der Waals surface area contributed by atoms with E-state index >= 15 is 0 Å². The van der Waals surface area contributed by atoms with E-state index in [4.69, 9.17) is 9.73 Å². The highest BCUT2D eigenvalue weighted by Crippen LogP contribution is 2.33. The van der Waals surface area contributed by atoms with E-state index in [1.807, 2.05) is 30.3 Å². The van der Waals surface area contributed by atoms with Gasteiger partial charge in [-0.05, 0) is 35.9 Å².